The summed E-state index contributed by atoms with van der Waals surface area (Å²) in [5, 5.41) is 2.54. The second-order valence-corrected chi connectivity index (χ2v) is 7.68. The number of hydrogen-bond acceptors (Lipinski definition) is 2. The van der Waals surface area contributed by atoms with E-state index >= 15 is 0 Å². The topological polar surface area (TPSA) is 49.4 Å². The molecule has 1 heterocycles. The van der Waals surface area contributed by atoms with Crippen LogP contribution in [0.4, 0.5) is 17.6 Å². The van der Waals surface area contributed by atoms with Gasteiger partial charge in [-0.25, -0.2) is 4.39 Å². The van der Waals surface area contributed by atoms with Crippen molar-refractivity contribution in [3.05, 3.63) is 83.2 Å². The maximum absolute atomic E-state index is 13.6. The van der Waals surface area contributed by atoms with Gasteiger partial charge in [0.05, 0.1) is 11.6 Å². The number of nitrogens with zero attached hydrogens (tertiary/aromatic N) is 1. The van der Waals surface area contributed by atoms with Crippen LogP contribution in [-0.4, -0.2) is 28.3 Å². The first-order valence-electron chi connectivity index (χ1n) is 9.69. The highest BCUT2D eigenvalue weighted by Gasteiger charge is 2.45. The second-order valence-electron chi connectivity index (χ2n) is 7.68. The average Bonchev–Trinajstić information content (AvgIpc) is 3.03. The SMILES string of the molecule is CC(=O)N1[C@H](Cc2ccccc2)C=C[C@]1(C)C(=O)NCc1cc(F)cc(C(F)(F)F)c1. The third-order valence-corrected chi connectivity index (χ3v) is 5.30. The predicted molar refractivity (Wildman–Crippen MR) is 107 cm³/mol. The molecule has 0 unspecified atom stereocenters. The van der Waals surface area contributed by atoms with Gasteiger partial charge in [-0.1, -0.05) is 42.5 Å². The number of benzene rings is 2. The molecule has 0 aromatic heterocycles. The van der Waals surface area contributed by atoms with Gasteiger partial charge in [0.15, 0.2) is 0 Å². The number of hydrogen-bond donors (Lipinski definition) is 1. The lowest BCUT2D eigenvalue weighted by molar-refractivity contribution is -0.143. The molecule has 1 aliphatic rings. The van der Waals surface area contributed by atoms with Crippen LogP contribution in [0.3, 0.4) is 0 Å². The van der Waals surface area contributed by atoms with Gasteiger partial charge in [-0.3, -0.25) is 9.59 Å². The first-order valence-corrected chi connectivity index (χ1v) is 9.69. The highest BCUT2D eigenvalue weighted by Crippen LogP contribution is 2.32. The summed E-state index contributed by atoms with van der Waals surface area (Å²) in [5.41, 5.74) is -1.48. The third-order valence-electron chi connectivity index (χ3n) is 5.30. The van der Waals surface area contributed by atoms with Gasteiger partial charge in [0.25, 0.3) is 0 Å². The van der Waals surface area contributed by atoms with Crippen molar-refractivity contribution in [3.63, 3.8) is 0 Å². The molecule has 0 saturated heterocycles. The molecule has 0 saturated carbocycles. The zero-order chi connectivity index (χ0) is 22.8. The molecule has 0 radical (unpaired) electrons. The summed E-state index contributed by atoms with van der Waals surface area (Å²) in [5.74, 6) is -1.92. The normalized spacial score (nSPS) is 20.7. The lowest BCUT2D eigenvalue weighted by Gasteiger charge is -2.37. The van der Waals surface area contributed by atoms with E-state index in [1.165, 1.54) is 11.8 Å². The molecule has 4 nitrogen and oxygen atoms in total. The molecule has 2 aromatic rings. The quantitative estimate of drug-likeness (QED) is 0.565. The van der Waals surface area contributed by atoms with Crippen LogP contribution in [0.15, 0.2) is 60.7 Å². The molecule has 2 amide bonds. The van der Waals surface area contributed by atoms with Crippen molar-refractivity contribution >= 4 is 11.8 Å². The minimum Gasteiger partial charge on any atom is -0.350 e. The Morgan fingerprint density at radius 3 is 2.39 bits per heavy atom. The maximum Gasteiger partial charge on any atom is 0.416 e. The molecule has 2 aromatic carbocycles. The lowest BCUT2D eigenvalue weighted by atomic mass is 9.99. The van der Waals surface area contributed by atoms with Crippen molar-refractivity contribution in [2.24, 2.45) is 0 Å². The van der Waals surface area contributed by atoms with E-state index in [0.29, 0.717) is 12.5 Å². The number of alkyl halides is 3. The Hall–Kier alpha value is -3.16. The fraction of sp³-hybridized carbons (Fsp3) is 0.304. The second kappa shape index (κ2) is 8.53. The van der Waals surface area contributed by atoms with Crippen LogP contribution in [-0.2, 0) is 28.7 Å². The Kier molecular flexibility index (Phi) is 6.20. The van der Waals surface area contributed by atoms with E-state index in [-0.39, 0.29) is 24.1 Å². The van der Waals surface area contributed by atoms with Gasteiger partial charge in [-0.05, 0) is 42.7 Å². The standard InChI is InChI=1S/C23H22F4N2O2/c1-15(30)29-20(12-16-6-4-3-5-7-16)8-9-22(29,2)21(31)28-14-17-10-18(23(25,26)27)13-19(24)11-17/h3-11,13,20H,12,14H2,1-2H3,(H,28,31)/t20-,22+/m0/s1. The number of rotatable bonds is 5. The summed E-state index contributed by atoms with van der Waals surface area (Å²) < 4.78 is 52.3. The molecule has 0 aliphatic carbocycles. The average molecular weight is 434 g/mol. The molecule has 164 valence electrons. The molecular formula is C23H22F4N2O2. The highest BCUT2D eigenvalue weighted by molar-refractivity contribution is 5.93. The van der Waals surface area contributed by atoms with Gasteiger partial charge in [0.2, 0.25) is 11.8 Å². The summed E-state index contributed by atoms with van der Waals surface area (Å²) in [7, 11) is 0. The first-order chi connectivity index (χ1) is 14.5. The van der Waals surface area contributed by atoms with E-state index in [2.05, 4.69) is 5.32 Å². The van der Waals surface area contributed by atoms with Crippen molar-refractivity contribution in [2.75, 3.05) is 0 Å². The van der Waals surface area contributed by atoms with E-state index in [9.17, 15) is 27.2 Å². The van der Waals surface area contributed by atoms with Crippen LogP contribution in [0, 0.1) is 5.82 Å². The Labute approximate surface area is 177 Å². The smallest absolute Gasteiger partial charge is 0.350 e. The van der Waals surface area contributed by atoms with Crippen LogP contribution >= 0.6 is 0 Å². The number of amides is 2. The summed E-state index contributed by atoms with van der Waals surface area (Å²) in [4.78, 5) is 26.8. The van der Waals surface area contributed by atoms with Crippen molar-refractivity contribution in [2.45, 2.75) is 44.6 Å². The van der Waals surface area contributed by atoms with Crippen LogP contribution in [0.2, 0.25) is 0 Å². The number of nitrogens with one attached hydrogen (secondary N) is 1. The molecule has 1 aliphatic heterocycles. The molecule has 0 fully saturated rings. The number of carbonyl (C=O) groups is 2. The van der Waals surface area contributed by atoms with E-state index in [0.717, 1.165) is 17.7 Å². The summed E-state index contributed by atoms with van der Waals surface area (Å²) >= 11 is 0. The Morgan fingerprint density at radius 1 is 1.10 bits per heavy atom. The van der Waals surface area contributed by atoms with Crippen LogP contribution in [0.1, 0.15) is 30.5 Å². The Morgan fingerprint density at radius 2 is 1.77 bits per heavy atom. The molecule has 3 rings (SSSR count). The molecule has 0 bridgehead atoms. The molecule has 0 spiro atoms. The number of carbonyl (C=O) groups excluding carboxylic acids is 2. The molecule has 31 heavy (non-hydrogen) atoms. The van der Waals surface area contributed by atoms with E-state index in [1.54, 1.807) is 19.1 Å². The first kappa shape index (κ1) is 22.5. The molecule has 1 N–H and O–H groups in total. The van der Waals surface area contributed by atoms with Crippen molar-refractivity contribution in [1.82, 2.24) is 10.2 Å². The largest absolute Gasteiger partial charge is 0.416 e. The predicted octanol–water partition coefficient (Wildman–Crippen LogP) is 4.25. The van der Waals surface area contributed by atoms with Gasteiger partial charge >= 0.3 is 6.18 Å². The van der Waals surface area contributed by atoms with Crippen molar-refractivity contribution in [1.29, 1.82) is 0 Å². The minimum atomic E-state index is -4.70. The highest BCUT2D eigenvalue weighted by atomic mass is 19.4. The maximum atomic E-state index is 13.6. The fourth-order valence-corrected chi connectivity index (χ4v) is 3.85. The van der Waals surface area contributed by atoms with E-state index < -0.39 is 29.0 Å². The summed E-state index contributed by atoms with van der Waals surface area (Å²) in [6.45, 7) is 2.62. The molecule has 2 atom stereocenters. The van der Waals surface area contributed by atoms with Gasteiger partial charge in [0.1, 0.15) is 11.4 Å². The monoisotopic (exact) mass is 434 g/mol. The van der Waals surface area contributed by atoms with Gasteiger partial charge in [-0.2, -0.15) is 13.2 Å². The van der Waals surface area contributed by atoms with E-state index in [4.69, 9.17) is 0 Å². The van der Waals surface area contributed by atoms with Gasteiger partial charge in [0, 0.05) is 13.5 Å². The van der Waals surface area contributed by atoms with E-state index in [1.807, 2.05) is 30.3 Å². The van der Waals surface area contributed by atoms with Crippen LogP contribution < -0.4 is 5.32 Å². The van der Waals surface area contributed by atoms with Gasteiger partial charge < -0.3 is 10.2 Å². The van der Waals surface area contributed by atoms with Gasteiger partial charge in [-0.15, -0.1) is 0 Å². The number of halogens is 4. The van der Waals surface area contributed by atoms with Crippen molar-refractivity contribution < 1.29 is 27.2 Å². The summed E-state index contributed by atoms with van der Waals surface area (Å²) in [6.07, 6.45) is -0.794. The summed E-state index contributed by atoms with van der Waals surface area (Å²) in [6, 6.07) is 11.3. The molecular weight excluding hydrogens is 412 g/mol. The van der Waals surface area contributed by atoms with Crippen LogP contribution in [0.25, 0.3) is 0 Å². The zero-order valence-corrected chi connectivity index (χ0v) is 17.0. The van der Waals surface area contributed by atoms with Crippen molar-refractivity contribution in [3.8, 4) is 0 Å². The third kappa shape index (κ3) is 4.95. The zero-order valence-electron chi connectivity index (χ0n) is 17.0. The Bertz CT molecular complexity index is 1000. The lowest BCUT2D eigenvalue weighted by Crippen LogP contribution is -2.57. The minimum absolute atomic E-state index is 0.0264. The van der Waals surface area contributed by atoms with Crippen LogP contribution in [0.5, 0.6) is 0 Å². The fourth-order valence-electron chi connectivity index (χ4n) is 3.85. The Balaban J connectivity index is 1.75. The molecule has 8 heteroatoms.